The Bertz CT molecular complexity index is 493. The van der Waals surface area contributed by atoms with Gasteiger partial charge in [0.2, 0.25) is 0 Å². The molecule has 0 unspecified atom stereocenters. The number of ether oxygens (including phenoxy) is 1. The van der Waals surface area contributed by atoms with E-state index in [1.807, 2.05) is 6.92 Å². The molecule has 2 aliphatic carbocycles. The highest BCUT2D eigenvalue weighted by molar-refractivity contribution is 9.10. The Labute approximate surface area is 133 Å². The monoisotopic (exact) mass is 358 g/mol. The molecule has 110 valence electrons. The Morgan fingerprint density at radius 1 is 1.25 bits per heavy atom. The first-order valence-electron chi connectivity index (χ1n) is 7.53. The SMILES string of the molecule is CCOC1(c2nc(Cl)c(Br)c(C3CC3)n2)CCCCC1. The summed E-state index contributed by atoms with van der Waals surface area (Å²) in [5, 5.41) is 0.529. The first kappa shape index (κ1) is 14.7. The summed E-state index contributed by atoms with van der Waals surface area (Å²) in [7, 11) is 0. The fourth-order valence-electron chi connectivity index (χ4n) is 3.10. The summed E-state index contributed by atoms with van der Waals surface area (Å²) in [5.41, 5.74) is 0.755. The molecule has 2 fully saturated rings. The molecule has 0 atom stereocenters. The summed E-state index contributed by atoms with van der Waals surface area (Å²) in [6.07, 6.45) is 8.03. The zero-order valence-electron chi connectivity index (χ0n) is 11.8. The highest BCUT2D eigenvalue weighted by atomic mass is 79.9. The second-order valence-corrected chi connectivity index (χ2v) is 6.95. The number of halogens is 2. The Hall–Kier alpha value is -0.190. The van der Waals surface area contributed by atoms with E-state index in [4.69, 9.17) is 21.3 Å². The molecule has 0 amide bonds. The van der Waals surface area contributed by atoms with Crippen LogP contribution in [0.25, 0.3) is 0 Å². The summed E-state index contributed by atoms with van der Waals surface area (Å²) in [5.74, 6) is 1.35. The molecule has 2 saturated carbocycles. The first-order valence-corrected chi connectivity index (χ1v) is 8.71. The Kier molecular flexibility index (Phi) is 4.34. The van der Waals surface area contributed by atoms with Crippen LogP contribution in [-0.4, -0.2) is 16.6 Å². The quantitative estimate of drug-likeness (QED) is 0.712. The molecule has 1 aromatic heterocycles. The minimum absolute atomic E-state index is 0.318. The van der Waals surface area contributed by atoms with Gasteiger partial charge in [-0.2, -0.15) is 0 Å². The molecule has 0 saturated heterocycles. The lowest BCUT2D eigenvalue weighted by Crippen LogP contribution is -2.35. The topological polar surface area (TPSA) is 35.0 Å². The van der Waals surface area contributed by atoms with E-state index in [2.05, 4.69) is 20.9 Å². The van der Waals surface area contributed by atoms with Crippen LogP contribution in [0.2, 0.25) is 5.15 Å². The summed E-state index contributed by atoms with van der Waals surface area (Å²) in [6.45, 7) is 2.73. The van der Waals surface area contributed by atoms with Gasteiger partial charge >= 0.3 is 0 Å². The van der Waals surface area contributed by atoms with Gasteiger partial charge in [-0.25, -0.2) is 9.97 Å². The fourth-order valence-corrected chi connectivity index (χ4v) is 3.78. The Balaban J connectivity index is 2.02. The van der Waals surface area contributed by atoms with Crippen molar-refractivity contribution >= 4 is 27.5 Å². The second kappa shape index (κ2) is 5.90. The zero-order chi connectivity index (χ0) is 14.2. The van der Waals surface area contributed by atoms with Crippen LogP contribution < -0.4 is 0 Å². The van der Waals surface area contributed by atoms with Gasteiger partial charge in [0, 0.05) is 12.5 Å². The lowest BCUT2D eigenvalue weighted by atomic mass is 9.83. The van der Waals surface area contributed by atoms with Gasteiger partial charge in [-0.1, -0.05) is 30.9 Å². The molecule has 20 heavy (non-hydrogen) atoms. The smallest absolute Gasteiger partial charge is 0.162 e. The molecule has 1 aromatic rings. The van der Waals surface area contributed by atoms with E-state index in [0.717, 1.165) is 28.8 Å². The molecule has 2 aliphatic rings. The van der Waals surface area contributed by atoms with Crippen LogP contribution in [0.5, 0.6) is 0 Å². The van der Waals surface area contributed by atoms with Crippen molar-refractivity contribution in [2.75, 3.05) is 6.61 Å². The summed E-state index contributed by atoms with van der Waals surface area (Å²) in [6, 6.07) is 0. The highest BCUT2D eigenvalue weighted by Gasteiger charge is 2.39. The number of hydrogen-bond acceptors (Lipinski definition) is 3. The van der Waals surface area contributed by atoms with Crippen molar-refractivity contribution in [2.45, 2.75) is 63.4 Å². The van der Waals surface area contributed by atoms with E-state index >= 15 is 0 Å². The van der Waals surface area contributed by atoms with Gasteiger partial charge in [-0.05, 0) is 48.5 Å². The van der Waals surface area contributed by atoms with Crippen LogP contribution >= 0.6 is 27.5 Å². The van der Waals surface area contributed by atoms with Crippen molar-refractivity contribution in [3.63, 3.8) is 0 Å². The number of aromatic nitrogens is 2. The van der Waals surface area contributed by atoms with E-state index in [-0.39, 0.29) is 5.60 Å². The zero-order valence-corrected chi connectivity index (χ0v) is 14.1. The van der Waals surface area contributed by atoms with Gasteiger partial charge in [-0.3, -0.25) is 0 Å². The predicted molar refractivity (Wildman–Crippen MR) is 83.1 cm³/mol. The van der Waals surface area contributed by atoms with Gasteiger partial charge in [0.1, 0.15) is 10.8 Å². The van der Waals surface area contributed by atoms with Crippen molar-refractivity contribution in [1.29, 1.82) is 0 Å². The summed E-state index contributed by atoms with van der Waals surface area (Å²) in [4.78, 5) is 9.38. The maximum absolute atomic E-state index is 6.32. The lowest BCUT2D eigenvalue weighted by Gasteiger charge is -2.35. The van der Waals surface area contributed by atoms with E-state index < -0.39 is 0 Å². The van der Waals surface area contributed by atoms with Crippen LogP contribution in [0.3, 0.4) is 0 Å². The highest BCUT2D eigenvalue weighted by Crippen LogP contribution is 2.46. The normalized spacial score (nSPS) is 21.9. The van der Waals surface area contributed by atoms with Gasteiger partial charge in [0.15, 0.2) is 5.82 Å². The predicted octanol–water partition coefficient (Wildman–Crippen LogP) is 4.97. The molecule has 0 aliphatic heterocycles. The van der Waals surface area contributed by atoms with Crippen LogP contribution in [0.4, 0.5) is 0 Å². The molecule has 0 bridgehead atoms. The number of nitrogens with zero attached hydrogens (tertiary/aromatic N) is 2. The maximum Gasteiger partial charge on any atom is 0.162 e. The number of rotatable bonds is 4. The van der Waals surface area contributed by atoms with Crippen LogP contribution in [0.1, 0.15) is 69.3 Å². The first-order chi connectivity index (χ1) is 9.66. The largest absolute Gasteiger partial charge is 0.367 e. The summed E-state index contributed by atoms with van der Waals surface area (Å²) >= 11 is 9.86. The van der Waals surface area contributed by atoms with Crippen molar-refractivity contribution in [1.82, 2.24) is 9.97 Å². The lowest BCUT2D eigenvalue weighted by molar-refractivity contribution is -0.0768. The van der Waals surface area contributed by atoms with Gasteiger partial charge in [-0.15, -0.1) is 0 Å². The molecule has 0 radical (unpaired) electrons. The molecular weight excluding hydrogens is 340 g/mol. The average Bonchev–Trinajstić information content (AvgIpc) is 3.27. The average molecular weight is 360 g/mol. The molecule has 3 nitrogen and oxygen atoms in total. The van der Waals surface area contributed by atoms with Crippen LogP contribution in [-0.2, 0) is 10.3 Å². The fraction of sp³-hybridized carbons (Fsp3) is 0.733. The van der Waals surface area contributed by atoms with Crippen molar-refractivity contribution in [3.05, 3.63) is 21.1 Å². The molecule has 5 heteroatoms. The van der Waals surface area contributed by atoms with Gasteiger partial charge in [0.05, 0.1) is 10.2 Å². The van der Waals surface area contributed by atoms with Gasteiger partial charge < -0.3 is 4.74 Å². The van der Waals surface area contributed by atoms with E-state index in [1.165, 1.54) is 32.1 Å². The second-order valence-electron chi connectivity index (χ2n) is 5.80. The third kappa shape index (κ3) is 2.75. The van der Waals surface area contributed by atoms with Crippen molar-refractivity contribution in [3.8, 4) is 0 Å². The van der Waals surface area contributed by atoms with E-state index in [1.54, 1.807) is 0 Å². The molecule has 0 aromatic carbocycles. The molecule has 0 N–H and O–H groups in total. The number of hydrogen-bond donors (Lipinski definition) is 0. The van der Waals surface area contributed by atoms with E-state index in [0.29, 0.717) is 17.7 Å². The minimum atomic E-state index is -0.318. The summed E-state index contributed by atoms with van der Waals surface area (Å²) < 4.78 is 6.98. The molecule has 0 spiro atoms. The molecule has 1 heterocycles. The molecule has 3 rings (SSSR count). The Morgan fingerprint density at radius 2 is 1.95 bits per heavy atom. The van der Waals surface area contributed by atoms with Crippen molar-refractivity contribution < 1.29 is 4.74 Å². The van der Waals surface area contributed by atoms with Crippen molar-refractivity contribution in [2.24, 2.45) is 0 Å². The standard InChI is InChI=1S/C15H20BrClN2O/c1-2-20-15(8-4-3-5-9-15)14-18-12(10-6-7-10)11(16)13(17)19-14/h10H,2-9H2,1H3. The maximum atomic E-state index is 6.32. The van der Waals surface area contributed by atoms with Crippen LogP contribution in [0.15, 0.2) is 4.47 Å². The minimum Gasteiger partial charge on any atom is -0.367 e. The van der Waals surface area contributed by atoms with Crippen LogP contribution in [0, 0.1) is 0 Å². The third-order valence-corrected chi connectivity index (χ3v) is 5.57. The molecular formula is C15H20BrClN2O. The van der Waals surface area contributed by atoms with E-state index in [9.17, 15) is 0 Å². The Morgan fingerprint density at radius 3 is 2.55 bits per heavy atom. The van der Waals surface area contributed by atoms with Gasteiger partial charge in [0.25, 0.3) is 0 Å². The third-order valence-electron chi connectivity index (χ3n) is 4.29.